The summed E-state index contributed by atoms with van der Waals surface area (Å²) in [5.74, 6) is 0.570. The van der Waals surface area contributed by atoms with Crippen LogP contribution in [-0.2, 0) is 0 Å². The van der Waals surface area contributed by atoms with Gasteiger partial charge >= 0.3 is 0 Å². The smallest absolute Gasteiger partial charge is 0.0526 e. The average molecular weight is 171 g/mol. The third-order valence-electron chi connectivity index (χ3n) is 1.02. The van der Waals surface area contributed by atoms with Crippen molar-refractivity contribution in [3.8, 4) is 0 Å². The third kappa shape index (κ3) is 6.42. The largest absolute Gasteiger partial charge is 0.393 e. The lowest BCUT2D eigenvalue weighted by molar-refractivity contribution is 0.182. The predicted octanol–water partition coefficient (Wildman–Crippen LogP) is 1.99. The molecular weight excluding hydrogens is 159 g/mol. The molecule has 1 N–H and O–H groups in total. The Balaban J connectivity index is 3.15. The summed E-state index contributed by atoms with van der Waals surface area (Å²) in [7, 11) is 0. The van der Waals surface area contributed by atoms with Crippen LogP contribution < -0.4 is 0 Å². The topological polar surface area (TPSA) is 20.2 Å². The molecule has 2 unspecified atom stereocenters. The van der Waals surface area contributed by atoms with E-state index in [0.717, 1.165) is 6.42 Å². The van der Waals surface area contributed by atoms with Gasteiger partial charge in [0.2, 0.25) is 0 Å². The Morgan fingerprint density at radius 2 is 2.11 bits per heavy atom. The van der Waals surface area contributed by atoms with E-state index < -0.39 is 0 Å². The van der Waals surface area contributed by atoms with Crippen molar-refractivity contribution in [3.05, 3.63) is 0 Å². The highest BCUT2D eigenvalue weighted by Crippen LogP contribution is 2.10. The second-order valence-corrected chi connectivity index (χ2v) is 3.15. The van der Waals surface area contributed by atoms with E-state index >= 15 is 0 Å². The van der Waals surface area contributed by atoms with Gasteiger partial charge in [0, 0.05) is 11.3 Å². The van der Waals surface area contributed by atoms with E-state index in [0.29, 0.717) is 12.3 Å². The number of rotatable bonds is 4. The SMILES string of the molecule is CC(O)CC(Cl)CCCl. The van der Waals surface area contributed by atoms with Crippen molar-refractivity contribution in [2.45, 2.75) is 31.2 Å². The first kappa shape index (κ1) is 9.54. The second kappa shape index (κ2) is 5.33. The molecule has 0 radical (unpaired) electrons. The van der Waals surface area contributed by atoms with Crippen LogP contribution in [0.2, 0.25) is 0 Å². The average Bonchev–Trinajstić information content (AvgIpc) is 1.63. The minimum atomic E-state index is -0.310. The number of aliphatic hydroxyl groups is 1. The summed E-state index contributed by atoms with van der Waals surface area (Å²) in [6.45, 7) is 1.73. The second-order valence-electron chi connectivity index (χ2n) is 2.16. The summed E-state index contributed by atoms with van der Waals surface area (Å²) in [4.78, 5) is 0. The van der Waals surface area contributed by atoms with Crippen molar-refractivity contribution in [3.63, 3.8) is 0 Å². The van der Waals surface area contributed by atoms with E-state index in [9.17, 15) is 0 Å². The number of alkyl halides is 2. The molecule has 0 aliphatic rings. The van der Waals surface area contributed by atoms with E-state index in [2.05, 4.69) is 0 Å². The van der Waals surface area contributed by atoms with Gasteiger partial charge in [-0.25, -0.2) is 0 Å². The van der Waals surface area contributed by atoms with Gasteiger partial charge in [-0.1, -0.05) is 0 Å². The molecule has 0 heterocycles. The molecule has 0 spiro atoms. The molecular formula is C6H12Cl2O. The zero-order valence-electron chi connectivity index (χ0n) is 5.48. The molecule has 0 bridgehead atoms. The highest BCUT2D eigenvalue weighted by atomic mass is 35.5. The van der Waals surface area contributed by atoms with Gasteiger partial charge in [0.1, 0.15) is 0 Å². The summed E-state index contributed by atoms with van der Waals surface area (Å²) < 4.78 is 0. The summed E-state index contributed by atoms with van der Waals surface area (Å²) in [6.07, 6.45) is 1.10. The zero-order valence-corrected chi connectivity index (χ0v) is 6.99. The van der Waals surface area contributed by atoms with Gasteiger partial charge in [-0.3, -0.25) is 0 Å². The molecule has 9 heavy (non-hydrogen) atoms. The molecule has 3 heteroatoms. The van der Waals surface area contributed by atoms with Gasteiger partial charge in [0.05, 0.1) is 6.10 Å². The van der Waals surface area contributed by atoms with Crippen LogP contribution in [-0.4, -0.2) is 22.5 Å². The normalized spacial score (nSPS) is 17.3. The molecule has 0 aliphatic carbocycles. The number of aliphatic hydroxyl groups excluding tert-OH is 1. The van der Waals surface area contributed by atoms with Gasteiger partial charge in [0.25, 0.3) is 0 Å². The maximum absolute atomic E-state index is 8.82. The van der Waals surface area contributed by atoms with Crippen LogP contribution in [0.1, 0.15) is 19.8 Å². The van der Waals surface area contributed by atoms with Crippen LogP contribution >= 0.6 is 23.2 Å². The van der Waals surface area contributed by atoms with Gasteiger partial charge in [-0.2, -0.15) is 0 Å². The number of halogens is 2. The highest BCUT2D eigenvalue weighted by molar-refractivity contribution is 6.22. The van der Waals surface area contributed by atoms with Crippen molar-refractivity contribution >= 4 is 23.2 Å². The molecule has 0 saturated heterocycles. The quantitative estimate of drug-likeness (QED) is 0.641. The van der Waals surface area contributed by atoms with Gasteiger partial charge in [0.15, 0.2) is 0 Å². The van der Waals surface area contributed by atoms with E-state index in [1.165, 1.54) is 0 Å². The molecule has 0 fully saturated rings. The fourth-order valence-electron chi connectivity index (χ4n) is 0.606. The summed E-state index contributed by atoms with van der Waals surface area (Å²) >= 11 is 11.1. The van der Waals surface area contributed by atoms with Crippen molar-refractivity contribution in [2.75, 3.05) is 5.88 Å². The summed E-state index contributed by atoms with van der Waals surface area (Å²) in [5.41, 5.74) is 0. The van der Waals surface area contributed by atoms with Gasteiger partial charge < -0.3 is 5.11 Å². The number of hydrogen-bond acceptors (Lipinski definition) is 1. The fourth-order valence-corrected chi connectivity index (χ4v) is 1.35. The molecule has 0 aliphatic heterocycles. The van der Waals surface area contributed by atoms with Crippen LogP contribution in [0, 0.1) is 0 Å². The Morgan fingerprint density at radius 1 is 1.56 bits per heavy atom. The molecule has 0 aromatic heterocycles. The monoisotopic (exact) mass is 170 g/mol. The van der Waals surface area contributed by atoms with Crippen LogP contribution in [0.25, 0.3) is 0 Å². The Bertz CT molecular complexity index is 66.1. The van der Waals surface area contributed by atoms with Crippen molar-refractivity contribution in [1.82, 2.24) is 0 Å². The minimum absolute atomic E-state index is 0.0301. The van der Waals surface area contributed by atoms with E-state index in [-0.39, 0.29) is 11.5 Å². The predicted molar refractivity (Wildman–Crippen MR) is 41.3 cm³/mol. The maximum atomic E-state index is 8.82. The van der Waals surface area contributed by atoms with Crippen LogP contribution in [0.3, 0.4) is 0 Å². The first-order valence-corrected chi connectivity index (χ1v) is 4.02. The van der Waals surface area contributed by atoms with E-state index in [1.807, 2.05) is 0 Å². The summed E-state index contributed by atoms with van der Waals surface area (Å²) in [6, 6.07) is 0. The molecule has 0 aromatic rings. The van der Waals surface area contributed by atoms with Crippen molar-refractivity contribution in [2.24, 2.45) is 0 Å². The molecule has 2 atom stereocenters. The Labute approximate surface area is 66.0 Å². The number of hydrogen-bond donors (Lipinski definition) is 1. The highest BCUT2D eigenvalue weighted by Gasteiger charge is 2.06. The molecule has 1 nitrogen and oxygen atoms in total. The minimum Gasteiger partial charge on any atom is -0.393 e. The lowest BCUT2D eigenvalue weighted by Gasteiger charge is -2.08. The van der Waals surface area contributed by atoms with Crippen LogP contribution in [0.4, 0.5) is 0 Å². The third-order valence-corrected chi connectivity index (χ3v) is 1.63. The van der Waals surface area contributed by atoms with Gasteiger partial charge in [-0.05, 0) is 19.8 Å². The zero-order chi connectivity index (χ0) is 7.28. The maximum Gasteiger partial charge on any atom is 0.0526 e. The molecule has 0 aromatic carbocycles. The molecule has 0 saturated carbocycles. The van der Waals surface area contributed by atoms with Crippen molar-refractivity contribution in [1.29, 1.82) is 0 Å². The Kier molecular flexibility index (Phi) is 5.65. The van der Waals surface area contributed by atoms with E-state index in [4.69, 9.17) is 28.3 Å². The van der Waals surface area contributed by atoms with Crippen LogP contribution in [0.15, 0.2) is 0 Å². The summed E-state index contributed by atoms with van der Waals surface area (Å²) in [5, 5.41) is 8.85. The molecule has 0 amide bonds. The Morgan fingerprint density at radius 3 is 2.44 bits per heavy atom. The van der Waals surface area contributed by atoms with E-state index in [1.54, 1.807) is 6.92 Å². The fraction of sp³-hybridized carbons (Fsp3) is 1.00. The standard InChI is InChI=1S/C6H12Cl2O/c1-5(9)4-6(8)2-3-7/h5-6,9H,2-4H2,1H3. The van der Waals surface area contributed by atoms with Crippen molar-refractivity contribution < 1.29 is 5.11 Å². The first-order valence-electron chi connectivity index (χ1n) is 3.05. The van der Waals surface area contributed by atoms with Crippen LogP contribution in [0.5, 0.6) is 0 Å². The molecule has 56 valence electrons. The first-order chi connectivity index (χ1) is 4.16. The lowest BCUT2D eigenvalue weighted by Crippen LogP contribution is -2.09. The lowest BCUT2D eigenvalue weighted by atomic mass is 10.2. The Hall–Kier alpha value is 0.540. The molecule has 0 rings (SSSR count). The van der Waals surface area contributed by atoms with Gasteiger partial charge in [-0.15, -0.1) is 23.2 Å².